The largest absolute Gasteiger partial charge is 0.507 e. The third-order valence-corrected chi connectivity index (χ3v) is 6.14. The first-order valence-electron chi connectivity index (χ1n) is 10.6. The first-order chi connectivity index (χ1) is 15.9. The van der Waals surface area contributed by atoms with Crippen LogP contribution in [0.2, 0.25) is 5.02 Å². The third kappa shape index (κ3) is 4.00. The van der Waals surface area contributed by atoms with Crippen molar-refractivity contribution in [3.63, 3.8) is 0 Å². The molecule has 1 unspecified atom stereocenters. The van der Waals surface area contributed by atoms with Crippen molar-refractivity contribution in [3.8, 4) is 28.5 Å². The predicted molar refractivity (Wildman–Crippen MR) is 124 cm³/mol. The number of aromatic nitrogens is 2. The molecule has 2 N–H and O–H groups in total. The van der Waals surface area contributed by atoms with Crippen molar-refractivity contribution in [2.24, 2.45) is 0 Å². The summed E-state index contributed by atoms with van der Waals surface area (Å²) in [5, 5.41) is 18.4. The number of methoxy groups -OCH3 is 2. The molecule has 0 saturated carbocycles. The molecule has 1 aliphatic heterocycles. The van der Waals surface area contributed by atoms with Gasteiger partial charge in [-0.3, -0.25) is 9.89 Å². The van der Waals surface area contributed by atoms with Gasteiger partial charge in [-0.05, 0) is 49.2 Å². The number of aryl methyl sites for hydroxylation is 1. The fourth-order valence-electron chi connectivity index (χ4n) is 4.15. The summed E-state index contributed by atoms with van der Waals surface area (Å²) in [5.41, 5.74) is 3.52. The zero-order valence-electron chi connectivity index (χ0n) is 18.9. The van der Waals surface area contributed by atoms with Gasteiger partial charge in [-0.2, -0.15) is 5.10 Å². The van der Waals surface area contributed by atoms with E-state index in [1.165, 1.54) is 0 Å². The molecule has 2 aromatic carbocycles. The molecular weight excluding hydrogens is 446 g/mol. The first-order valence-corrected chi connectivity index (χ1v) is 11.0. The van der Waals surface area contributed by atoms with Gasteiger partial charge < -0.3 is 24.2 Å². The van der Waals surface area contributed by atoms with Crippen LogP contribution >= 0.6 is 11.6 Å². The molecular formula is C24H26ClN3O5. The molecule has 0 fully saturated rings. The molecule has 0 radical (unpaired) electrons. The van der Waals surface area contributed by atoms with Crippen LogP contribution in [-0.2, 0) is 4.74 Å². The standard InChI is InChI=1S/C24H26ClN3O5/c1-5-33-18-7-6-14(11-19(18)32-4)23-20-21(15-12-16(25)13(2)10-17(15)29)26-27-22(20)24(30)28(23)8-9-31-3/h6-7,10-12,23,29H,5,8-9H2,1-4H3,(H,26,27). The van der Waals surface area contributed by atoms with Gasteiger partial charge in [0.15, 0.2) is 11.5 Å². The second-order valence-corrected chi connectivity index (χ2v) is 8.12. The number of rotatable bonds is 8. The van der Waals surface area contributed by atoms with E-state index in [1.54, 1.807) is 31.3 Å². The van der Waals surface area contributed by atoms with Gasteiger partial charge in [-0.15, -0.1) is 0 Å². The van der Waals surface area contributed by atoms with E-state index < -0.39 is 6.04 Å². The quantitative estimate of drug-likeness (QED) is 0.507. The van der Waals surface area contributed by atoms with Gasteiger partial charge in [0, 0.05) is 29.8 Å². The zero-order chi connectivity index (χ0) is 23.7. The molecule has 1 atom stereocenters. The van der Waals surface area contributed by atoms with Crippen molar-refractivity contribution < 1.29 is 24.1 Å². The Morgan fingerprint density at radius 3 is 2.70 bits per heavy atom. The van der Waals surface area contributed by atoms with Gasteiger partial charge in [0.25, 0.3) is 5.91 Å². The molecule has 0 bridgehead atoms. The van der Waals surface area contributed by atoms with E-state index in [1.807, 2.05) is 32.0 Å². The molecule has 8 nitrogen and oxygen atoms in total. The average molecular weight is 472 g/mol. The van der Waals surface area contributed by atoms with E-state index in [-0.39, 0.29) is 11.7 Å². The highest BCUT2D eigenvalue weighted by Crippen LogP contribution is 2.46. The zero-order valence-corrected chi connectivity index (χ0v) is 19.7. The van der Waals surface area contributed by atoms with Crippen LogP contribution < -0.4 is 9.47 Å². The Bertz CT molecular complexity index is 1190. The molecule has 4 rings (SSSR count). The lowest BCUT2D eigenvalue weighted by Crippen LogP contribution is -2.32. The highest BCUT2D eigenvalue weighted by atomic mass is 35.5. The molecule has 33 heavy (non-hydrogen) atoms. The summed E-state index contributed by atoms with van der Waals surface area (Å²) in [6.45, 7) is 4.95. The highest BCUT2D eigenvalue weighted by Gasteiger charge is 2.42. The molecule has 0 aliphatic carbocycles. The molecule has 1 aromatic heterocycles. The lowest BCUT2D eigenvalue weighted by Gasteiger charge is -2.26. The average Bonchev–Trinajstić information content (AvgIpc) is 3.34. The molecule has 0 saturated heterocycles. The second kappa shape index (κ2) is 9.33. The number of H-pyrrole nitrogens is 1. The maximum Gasteiger partial charge on any atom is 0.273 e. The van der Waals surface area contributed by atoms with Crippen LogP contribution in [0.4, 0.5) is 0 Å². The fraction of sp³-hybridized carbons (Fsp3) is 0.333. The van der Waals surface area contributed by atoms with Crippen molar-refractivity contribution in [2.45, 2.75) is 19.9 Å². The van der Waals surface area contributed by atoms with Crippen molar-refractivity contribution in [3.05, 3.63) is 57.7 Å². The Balaban J connectivity index is 1.89. The number of amides is 1. The topological polar surface area (TPSA) is 96.9 Å². The van der Waals surface area contributed by atoms with Crippen LogP contribution in [0.5, 0.6) is 17.2 Å². The number of halogens is 1. The molecule has 2 heterocycles. The van der Waals surface area contributed by atoms with Gasteiger partial charge in [-0.25, -0.2) is 0 Å². The first kappa shape index (κ1) is 22.9. The summed E-state index contributed by atoms with van der Waals surface area (Å²) in [7, 11) is 3.17. The maximum atomic E-state index is 13.3. The van der Waals surface area contributed by atoms with Gasteiger partial charge in [0.1, 0.15) is 17.1 Å². The van der Waals surface area contributed by atoms with E-state index >= 15 is 0 Å². The smallest absolute Gasteiger partial charge is 0.273 e. The molecule has 9 heteroatoms. The summed E-state index contributed by atoms with van der Waals surface area (Å²) >= 11 is 6.35. The molecule has 174 valence electrons. The Morgan fingerprint density at radius 2 is 2.00 bits per heavy atom. The Labute approximate surface area is 197 Å². The van der Waals surface area contributed by atoms with Crippen LogP contribution in [0.1, 0.15) is 40.1 Å². The fourth-order valence-corrected chi connectivity index (χ4v) is 4.32. The summed E-state index contributed by atoms with van der Waals surface area (Å²) in [6.07, 6.45) is 0. The van der Waals surface area contributed by atoms with Gasteiger partial charge >= 0.3 is 0 Å². The van der Waals surface area contributed by atoms with Crippen LogP contribution in [-0.4, -0.2) is 60.1 Å². The van der Waals surface area contributed by atoms with Crippen molar-refractivity contribution in [1.29, 1.82) is 0 Å². The highest BCUT2D eigenvalue weighted by molar-refractivity contribution is 6.31. The Hall–Kier alpha value is -3.23. The Morgan fingerprint density at radius 1 is 1.21 bits per heavy atom. The van der Waals surface area contributed by atoms with Crippen LogP contribution in [0.25, 0.3) is 11.3 Å². The number of aromatic amines is 1. The summed E-state index contributed by atoms with van der Waals surface area (Å²) in [4.78, 5) is 15.0. The van der Waals surface area contributed by atoms with E-state index in [4.69, 9.17) is 25.8 Å². The molecule has 3 aromatic rings. The summed E-state index contributed by atoms with van der Waals surface area (Å²) < 4.78 is 16.4. The number of carbonyl (C=O) groups is 1. The van der Waals surface area contributed by atoms with E-state index in [2.05, 4.69) is 10.2 Å². The monoisotopic (exact) mass is 471 g/mol. The number of fused-ring (bicyclic) bond motifs is 1. The number of ether oxygens (including phenoxy) is 3. The molecule has 1 aliphatic rings. The van der Waals surface area contributed by atoms with E-state index in [9.17, 15) is 9.90 Å². The van der Waals surface area contributed by atoms with Crippen LogP contribution in [0, 0.1) is 6.92 Å². The predicted octanol–water partition coefficient (Wildman–Crippen LogP) is 4.34. The lowest BCUT2D eigenvalue weighted by atomic mass is 9.95. The molecule has 0 spiro atoms. The minimum Gasteiger partial charge on any atom is -0.507 e. The minimum atomic E-state index is -0.472. The van der Waals surface area contributed by atoms with Crippen LogP contribution in [0.3, 0.4) is 0 Å². The minimum absolute atomic E-state index is 0.0389. The van der Waals surface area contributed by atoms with Crippen molar-refractivity contribution in [2.75, 3.05) is 34.0 Å². The Kier molecular flexibility index (Phi) is 6.49. The third-order valence-electron chi connectivity index (χ3n) is 5.74. The second-order valence-electron chi connectivity index (χ2n) is 7.72. The number of nitrogens with one attached hydrogen (secondary N) is 1. The van der Waals surface area contributed by atoms with Gasteiger partial charge in [0.2, 0.25) is 0 Å². The summed E-state index contributed by atoms with van der Waals surface area (Å²) in [5.74, 6) is 1.02. The summed E-state index contributed by atoms with van der Waals surface area (Å²) in [6, 6.07) is 8.37. The number of carbonyl (C=O) groups excluding carboxylic acids is 1. The molecule has 1 amide bonds. The number of hydrogen-bond acceptors (Lipinski definition) is 6. The van der Waals surface area contributed by atoms with Crippen LogP contribution in [0.15, 0.2) is 30.3 Å². The number of phenols is 1. The number of benzene rings is 2. The van der Waals surface area contributed by atoms with Crippen molar-refractivity contribution >= 4 is 17.5 Å². The van der Waals surface area contributed by atoms with Gasteiger partial charge in [0.05, 0.1) is 26.4 Å². The normalized spacial score (nSPS) is 15.1. The SMILES string of the molecule is CCOc1ccc(C2c3c(-c4cc(Cl)c(C)cc4O)n[nH]c3C(=O)N2CCOC)cc1OC. The van der Waals surface area contributed by atoms with E-state index in [0.29, 0.717) is 58.8 Å². The number of nitrogens with zero attached hydrogens (tertiary/aromatic N) is 2. The van der Waals surface area contributed by atoms with E-state index in [0.717, 1.165) is 11.1 Å². The maximum absolute atomic E-state index is 13.3. The number of phenolic OH excluding ortho intramolecular Hbond substituents is 1. The number of hydrogen-bond donors (Lipinski definition) is 2. The number of aromatic hydroxyl groups is 1. The van der Waals surface area contributed by atoms with Gasteiger partial charge in [-0.1, -0.05) is 17.7 Å². The lowest BCUT2D eigenvalue weighted by molar-refractivity contribution is 0.0677. The van der Waals surface area contributed by atoms with Crippen molar-refractivity contribution in [1.82, 2.24) is 15.1 Å².